The Morgan fingerprint density at radius 3 is 3.00 bits per heavy atom. The first-order valence-electron chi connectivity index (χ1n) is 7.25. The van der Waals surface area contributed by atoms with Gasteiger partial charge in [0.05, 0.1) is 17.6 Å². The van der Waals surface area contributed by atoms with Crippen LogP contribution in [0.4, 0.5) is 5.82 Å². The van der Waals surface area contributed by atoms with E-state index in [1.165, 1.54) is 11.3 Å². The van der Waals surface area contributed by atoms with Crippen LogP contribution >= 0.6 is 15.9 Å². The van der Waals surface area contributed by atoms with Crippen molar-refractivity contribution in [1.29, 1.82) is 0 Å². The molecule has 1 N–H and O–H groups in total. The summed E-state index contributed by atoms with van der Waals surface area (Å²) in [5, 5.41) is 13.2. The van der Waals surface area contributed by atoms with Crippen LogP contribution in [0.3, 0.4) is 0 Å². The lowest BCUT2D eigenvalue weighted by molar-refractivity contribution is 0.570. The molecule has 0 saturated heterocycles. The van der Waals surface area contributed by atoms with Gasteiger partial charge in [0, 0.05) is 25.4 Å². The van der Waals surface area contributed by atoms with Crippen LogP contribution in [-0.2, 0) is 20.5 Å². The molecule has 114 valence electrons. The third-order valence-corrected chi connectivity index (χ3v) is 4.82. The molecule has 1 aliphatic rings. The fraction of sp³-hybridized carbons (Fsp3) is 0.429. The molecule has 3 aromatic rings. The molecule has 1 unspecified atom stereocenters. The fourth-order valence-electron chi connectivity index (χ4n) is 3.17. The van der Waals surface area contributed by atoms with Gasteiger partial charge in [0.2, 0.25) is 0 Å². The molecule has 3 aromatic heterocycles. The van der Waals surface area contributed by atoms with Gasteiger partial charge in [-0.15, -0.1) is 0 Å². The average molecular weight is 362 g/mol. The van der Waals surface area contributed by atoms with Gasteiger partial charge < -0.3 is 5.32 Å². The third kappa shape index (κ3) is 2.01. The Bertz CT molecular complexity index is 850. The summed E-state index contributed by atoms with van der Waals surface area (Å²) in [6.45, 7) is 0. The molecule has 0 radical (unpaired) electrons. The number of rotatable bonds is 2. The molecule has 0 amide bonds. The zero-order valence-corrected chi connectivity index (χ0v) is 14.0. The van der Waals surface area contributed by atoms with Crippen LogP contribution in [0.25, 0.3) is 11.0 Å². The van der Waals surface area contributed by atoms with E-state index in [-0.39, 0.29) is 6.04 Å². The second-order valence-corrected chi connectivity index (χ2v) is 6.35. The van der Waals surface area contributed by atoms with Crippen LogP contribution in [0.1, 0.15) is 30.1 Å². The molecule has 7 nitrogen and oxygen atoms in total. The minimum Gasteiger partial charge on any atom is -0.362 e. The van der Waals surface area contributed by atoms with Gasteiger partial charge in [-0.25, -0.2) is 14.6 Å². The van der Waals surface area contributed by atoms with Crippen LogP contribution in [-0.4, -0.2) is 29.5 Å². The minimum atomic E-state index is 0.225. The van der Waals surface area contributed by atoms with Crippen molar-refractivity contribution < 1.29 is 0 Å². The number of hydrogen-bond donors (Lipinski definition) is 1. The summed E-state index contributed by atoms with van der Waals surface area (Å²) in [4.78, 5) is 8.73. The zero-order chi connectivity index (χ0) is 15.3. The summed E-state index contributed by atoms with van der Waals surface area (Å²) in [5.74, 6) is 0.812. The molecule has 0 fully saturated rings. The topological polar surface area (TPSA) is 73.5 Å². The largest absolute Gasteiger partial charge is 0.362 e. The van der Waals surface area contributed by atoms with Gasteiger partial charge in [0.25, 0.3) is 0 Å². The van der Waals surface area contributed by atoms with E-state index in [0.29, 0.717) is 0 Å². The molecule has 0 saturated carbocycles. The Hall–Kier alpha value is -1.96. The van der Waals surface area contributed by atoms with Crippen LogP contribution in [0.2, 0.25) is 0 Å². The predicted octanol–water partition coefficient (Wildman–Crippen LogP) is 2.35. The van der Waals surface area contributed by atoms with E-state index in [1.807, 2.05) is 25.0 Å². The van der Waals surface area contributed by atoms with E-state index >= 15 is 0 Å². The highest BCUT2D eigenvalue weighted by molar-refractivity contribution is 9.10. The molecule has 0 aromatic carbocycles. The summed E-state index contributed by atoms with van der Waals surface area (Å²) in [7, 11) is 3.88. The molecule has 1 aliphatic carbocycles. The van der Waals surface area contributed by atoms with Gasteiger partial charge >= 0.3 is 0 Å². The first-order chi connectivity index (χ1) is 10.6. The van der Waals surface area contributed by atoms with Crippen molar-refractivity contribution in [3.8, 4) is 0 Å². The van der Waals surface area contributed by atoms with E-state index < -0.39 is 0 Å². The highest BCUT2D eigenvalue weighted by atomic mass is 79.9. The summed E-state index contributed by atoms with van der Waals surface area (Å²) in [6.07, 6.45) is 6.84. The lowest BCUT2D eigenvalue weighted by Gasteiger charge is -2.24. The number of nitrogens with one attached hydrogen (secondary N) is 1. The average Bonchev–Trinajstić information content (AvgIpc) is 3.02. The molecular weight excluding hydrogens is 346 g/mol. The molecule has 4 rings (SSSR count). The normalized spacial score (nSPS) is 17.7. The molecule has 22 heavy (non-hydrogen) atoms. The number of nitrogens with zero attached hydrogens (tertiary/aromatic N) is 6. The maximum atomic E-state index is 4.42. The van der Waals surface area contributed by atoms with Crippen LogP contribution in [0, 0.1) is 0 Å². The summed E-state index contributed by atoms with van der Waals surface area (Å²) in [6, 6.07) is 0.225. The van der Waals surface area contributed by atoms with E-state index in [1.54, 1.807) is 11.0 Å². The van der Waals surface area contributed by atoms with E-state index in [2.05, 4.69) is 41.4 Å². The summed E-state index contributed by atoms with van der Waals surface area (Å²) in [5.41, 5.74) is 3.38. The molecule has 0 spiro atoms. The number of halogens is 1. The van der Waals surface area contributed by atoms with E-state index in [0.717, 1.165) is 40.7 Å². The molecular formula is C14H16BrN7. The van der Waals surface area contributed by atoms with Crippen molar-refractivity contribution in [1.82, 2.24) is 29.5 Å². The van der Waals surface area contributed by atoms with E-state index in [9.17, 15) is 0 Å². The lowest BCUT2D eigenvalue weighted by atomic mass is 9.93. The quantitative estimate of drug-likeness (QED) is 0.758. The first kappa shape index (κ1) is 13.7. The van der Waals surface area contributed by atoms with Crippen LogP contribution in [0.5, 0.6) is 0 Å². The molecule has 1 atom stereocenters. The second-order valence-electron chi connectivity index (χ2n) is 5.59. The fourth-order valence-corrected chi connectivity index (χ4v) is 3.77. The lowest BCUT2D eigenvalue weighted by Crippen LogP contribution is -2.18. The molecule has 8 heteroatoms. The van der Waals surface area contributed by atoms with Crippen molar-refractivity contribution in [2.75, 3.05) is 5.32 Å². The van der Waals surface area contributed by atoms with Crippen molar-refractivity contribution in [3.63, 3.8) is 0 Å². The smallest absolute Gasteiger partial charge is 0.164 e. The first-order valence-corrected chi connectivity index (χ1v) is 8.05. The number of fused-ring (bicyclic) bond motifs is 2. The predicted molar refractivity (Wildman–Crippen MR) is 86.5 cm³/mol. The Morgan fingerprint density at radius 1 is 1.27 bits per heavy atom. The monoisotopic (exact) mass is 361 g/mol. The standard InChI is InChI=1S/C14H16BrN7/c1-21-10-5-3-4-9(8(10)6-18-21)19-13-11-12(15)20-22(2)14(11)17-7-16-13/h6-7,9H,3-5H2,1-2H3,(H,16,17,19). The third-order valence-electron chi connectivity index (χ3n) is 4.26. The highest BCUT2D eigenvalue weighted by Crippen LogP contribution is 2.34. The molecule has 0 bridgehead atoms. The van der Waals surface area contributed by atoms with Gasteiger partial charge in [-0.05, 0) is 35.2 Å². The summed E-state index contributed by atoms with van der Waals surface area (Å²) >= 11 is 3.50. The van der Waals surface area contributed by atoms with Gasteiger partial charge in [-0.3, -0.25) is 4.68 Å². The Balaban J connectivity index is 1.76. The minimum absolute atomic E-state index is 0.225. The van der Waals surface area contributed by atoms with E-state index in [4.69, 9.17) is 0 Å². The van der Waals surface area contributed by atoms with Gasteiger partial charge in [-0.2, -0.15) is 10.2 Å². The number of hydrogen-bond acceptors (Lipinski definition) is 5. The SMILES string of the molecule is Cn1ncc2c1CCCC2Nc1ncnc2c1c(Br)nn2C. The maximum Gasteiger partial charge on any atom is 0.164 e. The van der Waals surface area contributed by atoms with Gasteiger partial charge in [0.15, 0.2) is 5.65 Å². The maximum absolute atomic E-state index is 4.42. The van der Waals surface area contributed by atoms with Gasteiger partial charge in [-0.1, -0.05) is 0 Å². The zero-order valence-electron chi connectivity index (χ0n) is 12.4. The number of aromatic nitrogens is 6. The van der Waals surface area contributed by atoms with Crippen molar-refractivity contribution >= 4 is 32.8 Å². The van der Waals surface area contributed by atoms with Crippen molar-refractivity contribution in [2.45, 2.75) is 25.3 Å². The Labute approximate surface area is 135 Å². The number of aryl methyl sites for hydroxylation is 2. The highest BCUT2D eigenvalue weighted by Gasteiger charge is 2.25. The Kier molecular flexibility index (Phi) is 3.14. The summed E-state index contributed by atoms with van der Waals surface area (Å²) < 4.78 is 4.48. The molecule has 3 heterocycles. The van der Waals surface area contributed by atoms with Gasteiger partial charge in [0.1, 0.15) is 16.7 Å². The van der Waals surface area contributed by atoms with Crippen LogP contribution in [0.15, 0.2) is 17.1 Å². The van der Waals surface area contributed by atoms with Crippen molar-refractivity contribution in [3.05, 3.63) is 28.4 Å². The number of anilines is 1. The van der Waals surface area contributed by atoms with Crippen molar-refractivity contribution in [2.24, 2.45) is 14.1 Å². The second kappa shape index (κ2) is 5.05. The van der Waals surface area contributed by atoms with Crippen LogP contribution < -0.4 is 5.32 Å². The Morgan fingerprint density at radius 2 is 2.14 bits per heavy atom. The molecule has 0 aliphatic heterocycles.